The summed E-state index contributed by atoms with van der Waals surface area (Å²) in [6.45, 7) is 0. The minimum absolute atomic E-state index is 0.0314. The van der Waals surface area contributed by atoms with Gasteiger partial charge in [-0.2, -0.15) is 18.2 Å². The van der Waals surface area contributed by atoms with Crippen LogP contribution in [0.25, 0.3) is 11.4 Å². The zero-order chi connectivity index (χ0) is 11.8. The molecule has 0 aliphatic carbocycles. The molecule has 5 nitrogen and oxygen atoms in total. The van der Waals surface area contributed by atoms with Crippen LogP contribution in [-0.4, -0.2) is 15.1 Å². The van der Waals surface area contributed by atoms with E-state index in [1.54, 1.807) is 0 Å². The Bertz CT molecular complexity index is 508. The second-order valence-electron chi connectivity index (χ2n) is 2.92. The Balaban J connectivity index is 2.44. The maximum atomic E-state index is 12.4. The first-order valence-corrected chi connectivity index (χ1v) is 4.08. The largest absolute Gasteiger partial charge is 0.417 e. The molecule has 0 spiro atoms. The summed E-state index contributed by atoms with van der Waals surface area (Å²) in [6.07, 6.45) is -2.55. The summed E-state index contributed by atoms with van der Waals surface area (Å²) in [6, 6.07) is 0.657. The molecule has 2 rings (SSSR count). The van der Waals surface area contributed by atoms with Gasteiger partial charge in [0.15, 0.2) is 0 Å². The highest BCUT2D eigenvalue weighted by molar-refractivity contribution is 5.54. The van der Waals surface area contributed by atoms with Gasteiger partial charge in [-0.25, -0.2) is 0 Å². The van der Waals surface area contributed by atoms with E-state index in [4.69, 9.17) is 5.73 Å². The summed E-state index contributed by atoms with van der Waals surface area (Å²) in [7, 11) is 0. The van der Waals surface area contributed by atoms with Crippen LogP contribution in [0.2, 0.25) is 0 Å². The maximum absolute atomic E-state index is 12.4. The zero-order valence-corrected chi connectivity index (χ0v) is 7.69. The highest BCUT2D eigenvalue weighted by Gasteiger charge is 2.31. The molecule has 2 aromatic heterocycles. The summed E-state index contributed by atoms with van der Waals surface area (Å²) in [5.41, 5.74) is 4.37. The lowest BCUT2D eigenvalue weighted by Gasteiger charge is -2.05. The number of nitrogens with two attached hydrogens (primary N) is 1. The smallest absolute Gasteiger partial charge is 0.351 e. The number of pyridine rings is 1. The van der Waals surface area contributed by atoms with Gasteiger partial charge in [-0.1, -0.05) is 5.16 Å². The van der Waals surface area contributed by atoms with E-state index in [1.807, 2.05) is 0 Å². The average molecular weight is 230 g/mol. The number of anilines is 1. The fourth-order valence-corrected chi connectivity index (χ4v) is 1.07. The third-order valence-electron chi connectivity index (χ3n) is 1.77. The molecule has 0 aliphatic rings. The Morgan fingerprint density at radius 1 is 1.25 bits per heavy atom. The molecular formula is C8H5F3N4O. The molecule has 0 fully saturated rings. The molecule has 2 N–H and O–H groups in total. The van der Waals surface area contributed by atoms with E-state index in [2.05, 4.69) is 19.6 Å². The standard InChI is InChI=1S/C8H5F3N4O/c9-8(10,11)5-1-4(2-13-3-5)6-14-7(12)16-15-6/h1-3H,(H2,12,14,15). The highest BCUT2D eigenvalue weighted by Crippen LogP contribution is 2.30. The molecule has 0 bridgehead atoms. The number of rotatable bonds is 1. The molecule has 8 heteroatoms. The Hall–Kier alpha value is -2.12. The second-order valence-corrected chi connectivity index (χ2v) is 2.92. The van der Waals surface area contributed by atoms with E-state index in [0.29, 0.717) is 6.20 Å². The van der Waals surface area contributed by atoms with Crippen molar-refractivity contribution in [1.29, 1.82) is 0 Å². The van der Waals surface area contributed by atoms with Crippen molar-refractivity contribution in [3.63, 3.8) is 0 Å². The summed E-state index contributed by atoms with van der Waals surface area (Å²) in [5, 5.41) is 3.39. The van der Waals surface area contributed by atoms with Gasteiger partial charge in [0.05, 0.1) is 5.56 Å². The molecule has 0 saturated carbocycles. The number of halogens is 3. The van der Waals surface area contributed by atoms with Crippen LogP contribution in [0.1, 0.15) is 5.56 Å². The normalized spacial score (nSPS) is 11.7. The topological polar surface area (TPSA) is 77.8 Å². The number of hydrogen-bond donors (Lipinski definition) is 1. The zero-order valence-electron chi connectivity index (χ0n) is 7.69. The molecule has 0 radical (unpaired) electrons. The Kier molecular flexibility index (Phi) is 2.26. The van der Waals surface area contributed by atoms with Crippen LogP contribution >= 0.6 is 0 Å². The first-order chi connectivity index (χ1) is 7.47. The van der Waals surface area contributed by atoms with Gasteiger partial charge < -0.3 is 10.3 Å². The first-order valence-electron chi connectivity index (χ1n) is 4.08. The van der Waals surface area contributed by atoms with Crippen LogP contribution in [0, 0.1) is 0 Å². The molecule has 2 aromatic rings. The van der Waals surface area contributed by atoms with Gasteiger partial charge in [0, 0.05) is 18.0 Å². The van der Waals surface area contributed by atoms with E-state index in [1.165, 1.54) is 6.20 Å². The number of nitrogen functional groups attached to an aromatic ring is 1. The van der Waals surface area contributed by atoms with Crippen LogP contribution < -0.4 is 5.73 Å². The highest BCUT2D eigenvalue weighted by atomic mass is 19.4. The number of hydrogen-bond acceptors (Lipinski definition) is 5. The maximum Gasteiger partial charge on any atom is 0.417 e. The first kappa shape index (κ1) is 10.4. The lowest BCUT2D eigenvalue weighted by atomic mass is 10.2. The summed E-state index contributed by atoms with van der Waals surface area (Å²) >= 11 is 0. The molecule has 0 aromatic carbocycles. The predicted molar refractivity (Wildman–Crippen MR) is 46.9 cm³/mol. The van der Waals surface area contributed by atoms with Crippen molar-refractivity contribution in [2.24, 2.45) is 0 Å². The van der Waals surface area contributed by atoms with Gasteiger partial charge in [0.2, 0.25) is 5.82 Å². The minimum atomic E-state index is -4.46. The molecule has 16 heavy (non-hydrogen) atoms. The van der Waals surface area contributed by atoms with Gasteiger partial charge in [0.25, 0.3) is 0 Å². The Labute approximate surface area is 87.1 Å². The third-order valence-corrected chi connectivity index (χ3v) is 1.77. The molecule has 0 aliphatic heterocycles. The van der Waals surface area contributed by atoms with Crippen molar-refractivity contribution in [3.05, 3.63) is 24.0 Å². The molecule has 0 saturated heterocycles. The van der Waals surface area contributed by atoms with Crippen molar-refractivity contribution in [2.75, 3.05) is 5.73 Å². The lowest BCUT2D eigenvalue weighted by molar-refractivity contribution is -0.137. The molecule has 0 amide bonds. The van der Waals surface area contributed by atoms with Crippen molar-refractivity contribution < 1.29 is 17.7 Å². The fourth-order valence-electron chi connectivity index (χ4n) is 1.07. The van der Waals surface area contributed by atoms with Crippen molar-refractivity contribution >= 4 is 6.01 Å². The number of nitrogens with zero attached hydrogens (tertiary/aromatic N) is 3. The SMILES string of the molecule is Nc1nc(-c2cncc(C(F)(F)F)c2)no1. The van der Waals surface area contributed by atoms with Gasteiger partial charge in [0.1, 0.15) is 0 Å². The lowest BCUT2D eigenvalue weighted by Crippen LogP contribution is -2.05. The number of alkyl halides is 3. The molecule has 2 heterocycles. The molecule has 0 atom stereocenters. The van der Waals surface area contributed by atoms with Crippen LogP contribution in [0.15, 0.2) is 23.0 Å². The quantitative estimate of drug-likeness (QED) is 0.807. The van der Waals surface area contributed by atoms with Crippen LogP contribution in [0.3, 0.4) is 0 Å². The molecule has 0 unspecified atom stereocenters. The van der Waals surface area contributed by atoms with Gasteiger partial charge >= 0.3 is 12.2 Å². The van der Waals surface area contributed by atoms with E-state index >= 15 is 0 Å². The Morgan fingerprint density at radius 2 is 2.00 bits per heavy atom. The second kappa shape index (κ2) is 3.47. The summed E-state index contributed by atoms with van der Waals surface area (Å²) in [5.74, 6) is -0.0314. The predicted octanol–water partition coefficient (Wildman–Crippen LogP) is 1.73. The summed E-state index contributed by atoms with van der Waals surface area (Å²) in [4.78, 5) is 7.05. The summed E-state index contributed by atoms with van der Waals surface area (Å²) < 4.78 is 41.5. The average Bonchev–Trinajstić information content (AvgIpc) is 2.64. The number of aromatic nitrogens is 3. The van der Waals surface area contributed by atoms with E-state index in [9.17, 15) is 13.2 Å². The van der Waals surface area contributed by atoms with Crippen LogP contribution in [-0.2, 0) is 6.18 Å². The fraction of sp³-hybridized carbons (Fsp3) is 0.125. The van der Waals surface area contributed by atoms with Crippen molar-refractivity contribution in [1.82, 2.24) is 15.1 Å². The van der Waals surface area contributed by atoms with Crippen molar-refractivity contribution in [2.45, 2.75) is 6.18 Å². The van der Waals surface area contributed by atoms with Crippen molar-refractivity contribution in [3.8, 4) is 11.4 Å². The third kappa shape index (κ3) is 1.95. The minimum Gasteiger partial charge on any atom is -0.351 e. The van der Waals surface area contributed by atoms with E-state index in [-0.39, 0.29) is 17.4 Å². The Morgan fingerprint density at radius 3 is 2.56 bits per heavy atom. The van der Waals surface area contributed by atoms with Crippen LogP contribution in [0.5, 0.6) is 0 Å². The van der Waals surface area contributed by atoms with Crippen LogP contribution in [0.4, 0.5) is 19.2 Å². The van der Waals surface area contributed by atoms with Gasteiger partial charge in [-0.15, -0.1) is 0 Å². The molecular weight excluding hydrogens is 225 g/mol. The van der Waals surface area contributed by atoms with Gasteiger partial charge in [-0.05, 0) is 6.07 Å². The van der Waals surface area contributed by atoms with Gasteiger partial charge in [-0.3, -0.25) is 4.98 Å². The van der Waals surface area contributed by atoms with E-state index < -0.39 is 11.7 Å². The molecule has 84 valence electrons. The van der Waals surface area contributed by atoms with E-state index in [0.717, 1.165) is 6.07 Å². The monoisotopic (exact) mass is 230 g/mol.